The lowest BCUT2D eigenvalue weighted by molar-refractivity contribution is -0.136. The second-order valence-electron chi connectivity index (χ2n) is 6.41. The molecule has 4 rings (SSSR count). The Morgan fingerprint density at radius 1 is 1.00 bits per heavy atom. The van der Waals surface area contributed by atoms with Gasteiger partial charge < -0.3 is 15.4 Å². The molecule has 0 amide bonds. The first-order chi connectivity index (χ1) is 12.6. The van der Waals surface area contributed by atoms with Crippen molar-refractivity contribution in [3.63, 3.8) is 0 Å². The summed E-state index contributed by atoms with van der Waals surface area (Å²) in [6.07, 6.45) is 4.20. The third kappa shape index (κ3) is 4.65. The van der Waals surface area contributed by atoms with Crippen molar-refractivity contribution in [1.82, 2.24) is 10.3 Å². The lowest BCUT2D eigenvalue weighted by Crippen LogP contribution is -2.21. The lowest BCUT2D eigenvalue weighted by Gasteiger charge is -2.08. The Kier molecular flexibility index (Phi) is 6.31. The van der Waals surface area contributed by atoms with Gasteiger partial charge in [0.15, 0.2) is 0 Å². The van der Waals surface area contributed by atoms with Gasteiger partial charge in [0.2, 0.25) is 0 Å². The Hall–Kier alpha value is -2.30. The van der Waals surface area contributed by atoms with E-state index in [1.807, 2.05) is 36.4 Å². The van der Waals surface area contributed by atoms with Gasteiger partial charge >= 0.3 is 5.97 Å². The van der Waals surface area contributed by atoms with E-state index in [0.29, 0.717) is 5.02 Å². The molecule has 26 heavy (non-hydrogen) atoms. The van der Waals surface area contributed by atoms with Crippen molar-refractivity contribution in [1.29, 1.82) is 0 Å². The zero-order valence-corrected chi connectivity index (χ0v) is 15.4. The predicted molar refractivity (Wildman–Crippen MR) is 107 cm³/mol. The molecular weight excluding hydrogens is 348 g/mol. The summed E-state index contributed by atoms with van der Waals surface area (Å²) < 4.78 is 0. The zero-order chi connectivity index (χ0) is 18.4. The number of hydrogen-bond donors (Lipinski definition) is 3. The topological polar surface area (TPSA) is 65.1 Å². The van der Waals surface area contributed by atoms with Crippen molar-refractivity contribution in [3.05, 3.63) is 59.1 Å². The SMILES string of the molecule is C1CCNCC1.O=C(O)Cc1c(-c2ccc(Cl)cc2)[nH]c2ccccc12. The Morgan fingerprint density at radius 2 is 1.69 bits per heavy atom. The monoisotopic (exact) mass is 370 g/mol. The van der Waals surface area contributed by atoms with Crippen molar-refractivity contribution in [2.24, 2.45) is 0 Å². The van der Waals surface area contributed by atoms with Crippen LogP contribution >= 0.6 is 11.6 Å². The van der Waals surface area contributed by atoms with Crippen LogP contribution in [0.2, 0.25) is 5.02 Å². The molecule has 2 heterocycles. The zero-order valence-electron chi connectivity index (χ0n) is 14.6. The van der Waals surface area contributed by atoms with Crippen molar-refractivity contribution in [2.45, 2.75) is 25.7 Å². The van der Waals surface area contributed by atoms with Crippen LogP contribution in [0.15, 0.2) is 48.5 Å². The first-order valence-electron chi connectivity index (χ1n) is 8.93. The smallest absolute Gasteiger partial charge is 0.307 e. The van der Waals surface area contributed by atoms with Gasteiger partial charge in [-0.25, -0.2) is 0 Å². The molecule has 4 nitrogen and oxygen atoms in total. The quantitative estimate of drug-likeness (QED) is 0.615. The van der Waals surface area contributed by atoms with E-state index in [0.717, 1.165) is 27.7 Å². The molecule has 0 saturated carbocycles. The van der Waals surface area contributed by atoms with Crippen molar-refractivity contribution < 1.29 is 9.90 Å². The molecule has 1 saturated heterocycles. The number of aromatic nitrogens is 1. The van der Waals surface area contributed by atoms with E-state index in [1.165, 1.54) is 32.4 Å². The highest BCUT2D eigenvalue weighted by Crippen LogP contribution is 2.31. The largest absolute Gasteiger partial charge is 0.481 e. The summed E-state index contributed by atoms with van der Waals surface area (Å²) in [5, 5.41) is 14.0. The van der Waals surface area contributed by atoms with Crippen LogP contribution in [0.3, 0.4) is 0 Å². The number of benzene rings is 2. The molecule has 0 spiro atoms. The molecule has 1 aromatic heterocycles. The Bertz CT molecular complexity index is 856. The number of carbonyl (C=O) groups is 1. The Morgan fingerprint density at radius 3 is 2.27 bits per heavy atom. The molecule has 0 bridgehead atoms. The van der Waals surface area contributed by atoms with Crippen LogP contribution in [0, 0.1) is 0 Å². The standard InChI is InChI=1S/C16H12ClNO2.C5H11N/c17-11-7-5-10(6-8-11)16-13(9-15(19)20)12-3-1-2-4-14(12)18-16;1-2-4-6-5-3-1/h1-8,18H,9H2,(H,19,20);6H,1-5H2. The number of fused-ring (bicyclic) bond motifs is 1. The van der Waals surface area contributed by atoms with Gasteiger partial charge in [-0.15, -0.1) is 0 Å². The number of piperidine rings is 1. The van der Waals surface area contributed by atoms with E-state index in [2.05, 4.69) is 10.3 Å². The summed E-state index contributed by atoms with van der Waals surface area (Å²) in [6.45, 7) is 2.50. The number of halogens is 1. The van der Waals surface area contributed by atoms with Gasteiger partial charge in [-0.2, -0.15) is 0 Å². The summed E-state index contributed by atoms with van der Waals surface area (Å²) in [4.78, 5) is 14.4. The average Bonchev–Trinajstić information content (AvgIpc) is 3.02. The second-order valence-corrected chi connectivity index (χ2v) is 6.85. The lowest BCUT2D eigenvalue weighted by atomic mass is 10.0. The van der Waals surface area contributed by atoms with Crippen molar-refractivity contribution in [2.75, 3.05) is 13.1 Å². The predicted octanol–water partition coefficient (Wildman–Crippen LogP) is 4.88. The van der Waals surface area contributed by atoms with E-state index in [-0.39, 0.29) is 6.42 Å². The van der Waals surface area contributed by atoms with Crippen LogP contribution in [0.5, 0.6) is 0 Å². The van der Waals surface area contributed by atoms with Gasteiger partial charge in [0.25, 0.3) is 0 Å². The van der Waals surface area contributed by atoms with Gasteiger partial charge in [-0.3, -0.25) is 4.79 Å². The fraction of sp³-hybridized carbons (Fsp3) is 0.286. The fourth-order valence-electron chi connectivity index (χ4n) is 3.20. The van der Waals surface area contributed by atoms with E-state index in [1.54, 1.807) is 12.1 Å². The van der Waals surface area contributed by atoms with E-state index < -0.39 is 5.97 Å². The van der Waals surface area contributed by atoms with Crippen LogP contribution in [0.25, 0.3) is 22.2 Å². The number of aromatic amines is 1. The van der Waals surface area contributed by atoms with Crippen LogP contribution in [-0.2, 0) is 11.2 Å². The van der Waals surface area contributed by atoms with Gasteiger partial charge in [0.05, 0.1) is 12.1 Å². The maximum Gasteiger partial charge on any atom is 0.307 e. The van der Waals surface area contributed by atoms with Gasteiger partial charge in [0.1, 0.15) is 0 Å². The minimum atomic E-state index is -0.843. The number of carboxylic acid groups (broad SMARTS) is 1. The number of para-hydroxylation sites is 1. The maximum atomic E-state index is 11.1. The molecule has 136 valence electrons. The first-order valence-corrected chi connectivity index (χ1v) is 9.31. The molecule has 0 unspecified atom stereocenters. The number of H-pyrrole nitrogens is 1. The van der Waals surface area contributed by atoms with Crippen molar-refractivity contribution >= 4 is 28.5 Å². The molecule has 0 atom stereocenters. The van der Waals surface area contributed by atoms with Gasteiger partial charge in [-0.05, 0) is 55.3 Å². The van der Waals surface area contributed by atoms with Crippen LogP contribution in [0.1, 0.15) is 24.8 Å². The van der Waals surface area contributed by atoms with Gasteiger partial charge in [-0.1, -0.05) is 48.4 Å². The number of carboxylic acids is 1. The molecule has 3 aromatic rings. The first kappa shape index (κ1) is 18.5. The molecule has 1 aliphatic heterocycles. The molecule has 0 aliphatic carbocycles. The molecule has 1 aliphatic rings. The molecule has 0 radical (unpaired) electrons. The third-order valence-electron chi connectivity index (χ3n) is 4.48. The summed E-state index contributed by atoms with van der Waals surface area (Å²) >= 11 is 5.90. The minimum Gasteiger partial charge on any atom is -0.481 e. The Labute approximate surface area is 158 Å². The highest BCUT2D eigenvalue weighted by molar-refractivity contribution is 6.30. The number of aliphatic carboxylic acids is 1. The van der Waals surface area contributed by atoms with Crippen LogP contribution in [-0.4, -0.2) is 29.1 Å². The third-order valence-corrected chi connectivity index (χ3v) is 4.73. The number of rotatable bonds is 3. The maximum absolute atomic E-state index is 11.1. The minimum absolute atomic E-state index is 0.0119. The fourth-order valence-corrected chi connectivity index (χ4v) is 3.33. The molecule has 2 aromatic carbocycles. The van der Waals surface area contributed by atoms with Crippen LogP contribution < -0.4 is 5.32 Å². The van der Waals surface area contributed by atoms with E-state index >= 15 is 0 Å². The van der Waals surface area contributed by atoms with E-state index in [4.69, 9.17) is 16.7 Å². The summed E-state index contributed by atoms with van der Waals surface area (Å²) in [6, 6.07) is 15.1. The van der Waals surface area contributed by atoms with E-state index in [9.17, 15) is 4.79 Å². The van der Waals surface area contributed by atoms with Gasteiger partial charge in [0, 0.05) is 15.9 Å². The summed E-state index contributed by atoms with van der Waals surface area (Å²) in [5.41, 5.74) is 3.51. The second kappa shape index (κ2) is 8.88. The normalized spacial score (nSPS) is 13.9. The summed E-state index contributed by atoms with van der Waals surface area (Å²) in [7, 11) is 0. The Balaban J connectivity index is 0.000000278. The molecule has 5 heteroatoms. The highest BCUT2D eigenvalue weighted by Gasteiger charge is 2.15. The summed E-state index contributed by atoms with van der Waals surface area (Å²) in [5.74, 6) is -0.843. The van der Waals surface area contributed by atoms with Crippen LogP contribution in [0.4, 0.5) is 0 Å². The van der Waals surface area contributed by atoms with Crippen molar-refractivity contribution in [3.8, 4) is 11.3 Å². The molecular formula is C21H23ClN2O2. The number of nitrogens with one attached hydrogen (secondary N) is 2. The molecule has 3 N–H and O–H groups in total. The molecule has 1 fully saturated rings. The average molecular weight is 371 g/mol. The number of hydrogen-bond acceptors (Lipinski definition) is 2. The highest BCUT2D eigenvalue weighted by atomic mass is 35.5.